The van der Waals surface area contributed by atoms with Gasteiger partial charge in [0, 0.05) is 6.04 Å². The second kappa shape index (κ2) is 3.48. The number of rotatable bonds is 4. The Morgan fingerprint density at radius 1 is 1.40 bits per heavy atom. The largest absolute Gasteiger partial charge is 0.352 e. The van der Waals surface area contributed by atoms with E-state index in [0.717, 1.165) is 25.7 Å². The van der Waals surface area contributed by atoms with Crippen molar-refractivity contribution in [2.75, 3.05) is 0 Å². The SMILES string of the molecule is CC(NC(=O)C1(N)CC1)C(=O)NC1CC1. The first-order valence-corrected chi connectivity index (χ1v) is 5.41. The van der Waals surface area contributed by atoms with Gasteiger partial charge in [-0.2, -0.15) is 0 Å². The lowest BCUT2D eigenvalue weighted by atomic mass is 10.2. The van der Waals surface area contributed by atoms with E-state index in [-0.39, 0.29) is 11.8 Å². The van der Waals surface area contributed by atoms with Gasteiger partial charge in [0.25, 0.3) is 0 Å². The molecule has 2 fully saturated rings. The summed E-state index contributed by atoms with van der Waals surface area (Å²) in [5.41, 5.74) is 5.01. The van der Waals surface area contributed by atoms with Crippen molar-refractivity contribution >= 4 is 11.8 Å². The van der Waals surface area contributed by atoms with E-state index in [2.05, 4.69) is 10.6 Å². The minimum Gasteiger partial charge on any atom is -0.352 e. The number of hydrogen-bond donors (Lipinski definition) is 3. The number of amides is 2. The monoisotopic (exact) mass is 211 g/mol. The van der Waals surface area contributed by atoms with Crippen molar-refractivity contribution in [2.24, 2.45) is 5.73 Å². The Balaban J connectivity index is 1.77. The van der Waals surface area contributed by atoms with Gasteiger partial charge in [-0.3, -0.25) is 9.59 Å². The molecule has 0 radical (unpaired) electrons. The van der Waals surface area contributed by atoms with Gasteiger partial charge in [0.1, 0.15) is 6.04 Å². The fraction of sp³-hybridized carbons (Fsp3) is 0.800. The second-order valence-corrected chi connectivity index (χ2v) is 4.63. The van der Waals surface area contributed by atoms with Crippen LogP contribution in [0.1, 0.15) is 32.6 Å². The first kappa shape index (κ1) is 10.4. The van der Waals surface area contributed by atoms with Crippen molar-refractivity contribution < 1.29 is 9.59 Å². The van der Waals surface area contributed by atoms with Gasteiger partial charge in [0.2, 0.25) is 11.8 Å². The number of nitrogens with one attached hydrogen (secondary N) is 2. The molecule has 1 unspecified atom stereocenters. The van der Waals surface area contributed by atoms with Gasteiger partial charge in [0.05, 0.1) is 5.54 Å². The molecule has 2 aliphatic rings. The maximum absolute atomic E-state index is 11.5. The van der Waals surface area contributed by atoms with E-state index in [1.807, 2.05) is 0 Å². The third-order valence-electron chi connectivity index (χ3n) is 2.91. The second-order valence-electron chi connectivity index (χ2n) is 4.63. The average molecular weight is 211 g/mol. The van der Waals surface area contributed by atoms with Crippen molar-refractivity contribution in [2.45, 2.75) is 50.2 Å². The fourth-order valence-corrected chi connectivity index (χ4v) is 1.32. The van der Waals surface area contributed by atoms with Crippen LogP contribution in [-0.2, 0) is 9.59 Å². The predicted molar refractivity (Wildman–Crippen MR) is 54.9 cm³/mol. The predicted octanol–water partition coefficient (Wildman–Crippen LogP) is -0.739. The van der Waals surface area contributed by atoms with Gasteiger partial charge in [-0.05, 0) is 32.6 Å². The average Bonchev–Trinajstić information content (AvgIpc) is 3.04. The van der Waals surface area contributed by atoms with Gasteiger partial charge in [-0.25, -0.2) is 0 Å². The van der Waals surface area contributed by atoms with Crippen molar-refractivity contribution in [3.63, 3.8) is 0 Å². The van der Waals surface area contributed by atoms with Crippen LogP contribution in [0.2, 0.25) is 0 Å². The lowest BCUT2D eigenvalue weighted by Crippen LogP contribution is -2.51. The summed E-state index contributed by atoms with van der Waals surface area (Å²) in [5.74, 6) is -0.323. The van der Waals surface area contributed by atoms with E-state index in [4.69, 9.17) is 5.73 Å². The molecule has 0 aromatic carbocycles. The summed E-state index contributed by atoms with van der Waals surface area (Å²) < 4.78 is 0. The Bertz CT molecular complexity index is 295. The molecule has 2 rings (SSSR count). The highest BCUT2D eigenvalue weighted by Crippen LogP contribution is 2.32. The Morgan fingerprint density at radius 2 is 2.00 bits per heavy atom. The van der Waals surface area contributed by atoms with Gasteiger partial charge in [-0.1, -0.05) is 0 Å². The van der Waals surface area contributed by atoms with Gasteiger partial charge in [0.15, 0.2) is 0 Å². The van der Waals surface area contributed by atoms with Gasteiger partial charge >= 0.3 is 0 Å². The summed E-state index contributed by atoms with van der Waals surface area (Å²) in [6.07, 6.45) is 3.53. The van der Waals surface area contributed by atoms with Crippen LogP contribution in [0.3, 0.4) is 0 Å². The standard InChI is InChI=1S/C10H17N3O2/c1-6(8(14)13-7-2-3-7)12-9(15)10(11)4-5-10/h6-7H,2-5,11H2,1H3,(H,12,15)(H,13,14). The van der Waals surface area contributed by atoms with Crippen LogP contribution in [-0.4, -0.2) is 29.4 Å². The first-order valence-electron chi connectivity index (χ1n) is 5.41. The van der Waals surface area contributed by atoms with E-state index < -0.39 is 11.6 Å². The minimum atomic E-state index is -0.700. The molecule has 5 heteroatoms. The van der Waals surface area contributed by atoms with Crippen molar-refractivity contribution in [1.82, 2.24) is 10.6 Å². The van der Waals surface area contributed by atoms with E-state index >= 15 is 0 Å². The van der Waals surface area contributed by atoms with Crippen LogP contribution in [0.15, 0.2) is 0 Å². The van der Waals surface area contributed by atoms with Crippen LogP contribution in [0.25, 0.3) is 0 Å². The molecule has 2 amide bonds. The van der Waals surface area contributed by atoms with Crippen LogP contribution < -0.4 is 16.4 Å². The lowest BCUT2D eigenvalue weighted by Gasteiger charge is -2.16. The molecule has 5 nitrogen and oxygen atoms in total. The molecular formula is C10H17N3O2. The molecule has 0 aromatic heterocycles. The summed E-state index contributed by atoms with van der Waals surface area (Å²) >= 11 is 0. The van der Waals surface area contributed by atoms with Crippen molar-refractivity contribution in [1.29, 1.82) is 0 Å². The zero-order chi connectivity index (χ0) is 11.1. The van der Waals surface area contributed by atoms with Crippen molar-refractivity contribution in [3.05, 3.63) is 0 Å². The van der Waals surface area contributed by atoms with Gasteiger partial charge in [-0.15, -0.1) is 0 Å². The molecule has 4 N–H and O–H groups in total. The zero-order valence-electron chi connectivity index (χ0n) is 8.88. The number of hydrogen-bond acceptors (Lipinski definition) is 3. The van der Waals surface area contributed by atoms with E-state index in [1.54, 1.807) is 6.92 Å². The van der Waals surface area contributed by atoms with Gasteiger partial charge < -0.3 is 16.4 Å². The molecule has 0 spiro atoms. The number of carbonyl (C=O) groups excluding carboxylic acids is 2. The quantitative estimate of drug-likeness (QED) is 0.572. The Kier molecular flexibility index (Phi) is 2.42. The zero-order valence-corrected chi connectivity index (χ0v) is 8.88. The Hall–Kier alpha value is -1.10. The fourth-order valence-electron chi connectivity index (χ4n) is 1.32. The maximum atomic E-state index is 11.5. The third-order valence-corrected chi connectivity index (χ3v) is 2.91. The highest BCUT2D eigenvalue weighted by atomic mass is 16.2. The molecule has 0 aliphatic heterocycles. The Labute approximate surface area is 88.8 Å². The highest BCUT2D eigenvalue weighted by molar-refractivity contribution is 5.93. The molecular weight excluding hydrogens is 194 g/mol. The smallest absolute Gasteiger partial charge is 0.242 e. The summed E-state index contributed by atoms with van der Waals surface area (Å²) in [6, 6.07) is -0.163. The molecule has 15 heavy (non-hydrogen) atoms. The molecule has 0 bridgehead atoms. The summed E-state index contributed by atoms with van der Waals surface area (Å²) in [4.78, 5) is 23.0. The van der Waals surface area contributed by atoms with E-state index in [9.17, 15) is 9.59 Å². The summed E-state index contributed by atoms with van der Waals surface area (Å²) in [5, 5.41) is 5.48. The normalized spacial score (nSPS) is 24.1. The molecule has 0 saturated heterocycles. The topological polar surface area (TPSA) is 84.2 Å². The van der Waals surface area contributed by atoms with E-state index in [0.29, 0.717) is 6.04 Å². The Morgan fingerprint density at radius 3 is 2.47 bits per heavy atom. The highest BCUT2D eigenvalue weighted by Gasteiger charge is 2.46. The maximum Gasteiger partial charge on any atom is 0.242 e. The molecule has 2 saturated carbocycles. The summed E-state index contributed by atoms with van der Waals surface area (Å²) in [6.45, 7) is 1.68. The molecule has 2 aliphatic carbocycles. The third kappa shape index (κ3) is 2.47. The van der Waals surface area contributed by atoms with Crippen LogP contribution in [0.5, 0.6) is 0 Å². The first-order chi connectivity index (χ1) is 7.01. The minimum absolute atomic E-state index is 0.116. The van der Waals surface area contributed by atoms with Crippen LogP contribution in [0, 0.1) is 0 Å². The number of nitrogens with two attached hydrogens (primary N) is 1. The van der Waals surface area contributed by atoms with Crippen molar-refractivity contribution in [3.8, 4) is 0 Å². The van der Waals surface area contributed by atoms with Crippen LogP contribution >= 0.6 is 0 Å². The number of carbonyl (C=O) groups is 2. The molecule has 1 atom stereocenters. The van der Waals surface area contributed by atoms with Crippen LogP contribution in [0.4, 0.5) is 0 Å². The molecule has 0 heterocycles. The van der Waals surface area contributed by atoms with E-state index in [1.165, 1.54) is 0 Å². The lowest BCUT2D eigenvalue weighted by molar-refractivity contribution is -0.129. The molecule has 84 valence electrons. The molecule has 0 aromatic rings. The summed E-state index contributed by atoms with van der Waals surface area (Å²) in [7, 11) is 0.